The minimum absolute atomic E-state index is 0.125. The zero-order chi connectivity index (χ0) is 18.1. The minimum Gasteiger partial charge on any atom is -0.408 e. The Bertz CT molecular complexity index is 910. The van der Waals surface area contributed by atoms with Gasteiger partial charge in [0.1, 0.15) is 6.54 Å². The molecule has 1 saturated carbocycles. The fourth-order valence-electron chi connectivity index (χ4n) is 2.37. The van der Waals surface area contributed by atoms with Crippen molar-refractivity contribution < 1.29 is 18.9 Å². The number of aromatic nitrogens is 1. The molecule has 0 unspecified atom stereocenters. The van der Waals surface area contributed by atoms with Gasteiger partial charge in [0.25, 0.3) is 5.69 Å². The van der Waals surface area contributed by atoms with Crippen molar-refractivity contribution in [1.29, 1.82) is 0 Å². The van der Waals surface area contributed by atoms with Gasteiger partial charge in [-0.15, -0.1) is 0 Å². The van der Waals surface area contributed by atoms with E-state index in [1.54, 1.807) is 0 Å². The van der Waals surface area contributed by atoms with E-state index < -0.39 is 16.6 Å². The van der Waals surface area contributed by atoms with Gasteiger partial charge in [-0.3, -0.25) is 24.3 Å². The number of rotatable bonds is 6. The lowest BCUT2D eigenvalue weighted by Gasteiger charge is -2.16. The predicted octanol–water partition coefficient (Wildman–Crippen LogP) is 0.240. The molecular weight excluding hydrogens is 332 g/mol. The van der Waals surface area contributed by atoms with E-state index in [0.29, 0.717) is 0 Å². The van der Waals surface area contributed by atoms with E-state index in [2.05, 4.69) is 5.32 Å². The minimum atomic E-state index is -0.792. The van der Waals surface area contributed by atoms with Crippen LogP contribution in [0.25, 0.3) is 11.1 Å². The van der Waals surface area contributed by atoms with Crippen LogP contribution in [0.15, 0.2) is 27.4 Å². The molecule has 1 aliphatic carbocycles. The van der Waals surface area contributed by atoms with Crippen LogP contribution in [-0.4, -0.2) is 45.8 Å². The fraction of sp³-hybridized carbons (Fsp3) is 0.400. The quantitative estimate of drug-likeness (QED) is 0.588. The number of benzene rings is 1. The molecule has 0 radical (unpaired) electrons. The number of likely N-dealkylation sites (N-methyl/N-ethyl adjacent to an activating group) is 1. The molecule has 2 amide bonds. The Morgan fingerprint density at radius 2 is 2.16 bits per heavy atom. The molecule has 1 fully saturated rings. The second-order valence-corrected chi connectivity index (χ2v) is 5.95. The first-order valence-corrected chi connectivity index (χ1v) is 7.66. The van der Waals surface area contributed by atoms with Crippen molar-refractivity contribution in [2.24, 2.45) is 0 Å². The summed E-state index contributed by atoms with van der Waals surface area (Å²) in [5.41, 5.74) is 0.0903. The molecular formula is C15H16N4O6. The highest BCUT2D eigenvalue weighted by Gasteiger charge is 2.25. The largest absolute Gasteiger partial charge is 0.420 e. The van der Waals surface area contributed by atoms with Crippen LogP contribution >= 0.6 is 0 Å². The summed E-state index contributed by atoms with van der Waals surface area (Å²) in [6, 6.07) is 3.89. The number of oxazole rings is 1. The number of nitrogens with zero attached hydrogens (tertiary/aromatic N) is 3. The molecule has 0 spiro atoms. The molecule has 10 nitrogen and oxygen atoms in total. The number of hydrogen-bond acceptors (Lipinski definition) is 6. The Labute approximate surface area is 141 Å². The van der Waals surface area contributed by atoms with Crippen LogP contribution < -0.4 is 11.1 Å². The standard InChI is InChI=1S/C15H16N4O6/c1-17(7-13(20)16-9-2-3-9)14(21)8-18-11-6-10(19(23)24)4-5-12(11)25-15(18)22/h4-6,9H,2-3,7-8H2,1H3,(H,16,20). The van der Waals surface area contributed by atoms with Gasteiger partial charge in [-0.2, -0.15) is 0 Å². The number of nitro groups is 1. The van der Waals surface area contributed by atoms with Crippen molar-refractivity contribution in [3.8, 4) is 0 Å². The van der Waals surface area contributed by atoms with Gasteiger partial charge in [-0.05, 0) is 18.9 Å². The van der Waals surface area contributed by atoms with E-state index in [0.717, 1.165) is 17.4 Å². The normalized spacial score (nSPS) is 13.6. The first-order valence-electron chi connectivity index (χ1n) is 7.66. The number of carbonyl (C=O) groups excluding carboxylic acids is 2. The summed E-state index contributed by atoms with van der Waals surface area (Å²) < 4.78 is 6.01. The summed E-state index contributed by atoms with van der Waals surface area (Å²) in [5.74, 6) is -1.54. The highest BCUT2D eigenvalue weighted by atomic mass is 16.6. The van der Waals surface area contributed by atoms with E-state index in [1.807, 2.05) is 0 Å². The molecule has 10 heteroatoms. The Hall–Kier alpha value is -3.17. The molecule has 3 rings (SSSR count). The van der Waals surface area contributed by atoms with Gasteiger partial charge in [-0.25, -0.2) is 4.79 Å². The number of fused-ring (bicyclic) bond motifs is 1. The first-order chi connectivity index (χ1) is 11.8. The maximum atomic E-state index is 12.3. The zero-order valence-electron chi connectivity index (χ0n) is 13.4. The van der Waals surface area contributed by atoms with Gasteiger partial charge >= 0.3 is 5.76 Å². The number of carbonyl (C=O) groups is 2. The van der Waals surface area contributed by atoms with E-state index in [-0.39, 0.29) is 41.8 Å². The van der Waals surface area contributed by atoms with E-state index in [9.17, 15) is 24.5 Å². The maximum Gasteiger partial charge on any atom is 0.420 e. The molecule has 1 aromatic carbocycles. The lowest BCUT2D eigenvalue weighted by atomic mass is 10.3. The summed E-state index contributed by atoms with van der Waals surface area (Å²) in [6.45, 7) is -0.500. The van der Waals surface area contributed by atoms with E-state index in [4.69, 9.17) is 4.42 Å². The average Bonchev–Trinajstić information content (AvgIpc) is 3.30. The number of hydrogen-bond donors (Lipinski definition) is 1. The maximum absolute atomic E-state index is 12.3. The lowest BCUT2D eigenvalue weighted by molar-refractivity contribution is -0.384. The van der Waals surface area contributed by atoms with Gasteiger partial charge < -0.3 is 14.6 Å². The van der Waals surface area contributed by atoms with Crippen molar-refractivity contribution in [1.82, 2.24) is 14.8 Å². The molecule has 1 N–H and O–H groups in total. The topological polar surface area (TPSA) is 128 Å². The number of non-ortho nitro benzene ring substituents is 1. The zero-order valence-corrected chi connectivity index (χ0v) is 13.4. The van der Waals surface area contributed by atoms with Crippen LogP contribution in [0.5, 0.6) is 0 Å². The van der Waals surface area contributed by atoms with E-state index >= 15 is 0 Å². The van der Waals surface area contributed by atoms with Crippen molar-refractivity contribution in [2.75, 3.05) is 13.6 Å². The van der Waals surface area contributed by atoms with Gasteiger partial charge in [0.05, 0.1) is 17.0 Å². The summed E-state index contributed by atoms with van der Waals surface area (Å²) in [4.78, 5) is 47.4. The van der Waals surface area contributed by atoms with E-state index in [1.165, 1.54) is 30.1 Å². The highest BCUT2D eigenvalue weighted by Crippen LogP contribution is 2.20. The van der Waals surface area contributed by atoms with Crippen molar-refractivity contribution in [3.63, 3.8) is 0 Å². The molecule has 132 valence electrons. The molecule has 1 aromatic heterocycles. The molecule has 0 aliphatic heterocycles. The van der Waals surface area contributed by atoms with Crippen LogP contribution in [-0.2, 0) is 16.1 Å². The molecule has 0 saturated heterocycles. The van der Waals surface area contributed by atoms with Gasteiger partial charge in [0.15, 0.2) is 5.58 Å². The van der Waals surface area contributed by atoms with Crippen molar-refractivity contribution >= 4 is 28.6 Å². The lowest BCUT2D eigenvalue weighted by Crippen LogP contribution is -2.41. The summed E-state index contributed by atoms with van der Waals surface area (Å²) in [7, 11) is 1.45. The van der Waals surface area contributed by atoms with Crippen molar-refractivity contribution in [3.05, 3.63) is 38.9 Å². The Morgan fingerprint density at radius 3 is 2.80 bits per heavy atom. The SMILES string of the molecule is CN(CC(=O)NC1CC1)C(=O)Cn1c(=O)oc2ccc([N+](=O)[O-])cc21. The highest BCUT2D eigenvalue weighted by molar-refractivity contribution is 5.86. The smallest absolute Gasteiger partial charge is 0.408 e. The molecule has 25 heavy (non-hydrogen) atoms. The van der Waals surface area contributed by atoms with Crippen LogP contribution in [0.1, 0.15) is 12.8 Å². The van der Waals surface area contributed by atoms with Crippen LogP contribution in [0.4, 0.5) is 5.69 Å². The molecule has 0 atom stereocenters. The Kier molecular flexibility index (Phi) is 4.26. The second-order valence-electron chi connectivity index (χ2n) is 5.95. The van der Waals surface area contributed by atoms with Crippen LogP contribution in [0.3, 0.4) is 0 Å². The predicted molar refractivity (Wildman–Crippen MR) is 85.9 cm³/mol. The number of amides is 2. The number of nitrogens with one attached hydrogen (secondary N) is 1. The van der Waals surface area contributed by atoms with Crippen LogP contribution in [0, 0.1) is 10.1 Å². The first kappa shape index (κ1) is 16.7. The van der Waals surface area contributed by atoms with Crippen LogP contribution in [0.2, 0.25) is 0 Å². The Balaban J connectivity index is 1.76. The molecule has 1 heterocycles. The summed E-state index contributed by atoms with van der Waals surface area (Å²) >= 11 is 0. The second kappa shape index (κ2) is 6.38. The third kappa shape index (κ3) is 3.67. The molecule has 1 aliphatic rings. The van der Waals surface area contributed by atoms with Crippen molar-refractivity contribution in [2.45, 2.75) is 25.4 Å². The summed E-state index contributed by atoms with van der Waals surface area (Å²) in [5, 5.41) is 13.6. The van der Waals surface area contributed by atoms with Gasteiger partial charge in [0.2, 0.25) is 11.8 Å². The van der Waals surface area contributed by atoms with Gasteiger partial charge in [-0.1, -0.05) is 0 Å². The number of nitro benzene ring substituents is 1. The summed E-state index contributed by atoms with van der Waals surface area (Å²) in [6.07, 6.45) is 1.89. The molecule has 2 aromatic rings. The third-order valence-electron chi connectivity index (χ3n) is 3.90. The average molecular weight is 348 g/mol. The third-order valence-corrected chi connectivity index (χ3v) is 3.90. The Morgan fingerprint density at radius 1 is 1.44 bits per heavy atom. The van der Waals surface area contributed by atoms with Gasteiger partial charge in [0, 0.05) is 25.2 Å². The monoisotopic (exact) mass is 348 g/mol. The fourth-order valence-corrected chi connectivity index (χ4v) is 2.37. The molecule has 0 bridgehead atoms.